The van der Waals surface area contributed by atoms with E-state index in [1.165, 1.54) is 5.56 Å². The second-order valence-corrected chi connectivity index (χ2v) is 5.85. The van der Waals surface area contributed by atoms with Crippen LogP contribution in [0.15, 0.2) is 48.7 Å². The van der Waals surface area contributed by atoms with Gasteiger partial charge in [-0.05, 0) is 24.5 Å². The third-order valence-electron chi connectivity index (χ3n) is 4.24. The molecule has 0 unspecified atom stereocenters. The molecule has 116 valence electrons. The van der Waals surface area contributed by atoms with Gasteiger partial charge < -0.3 is 10.4 Å². The highest BCUT2D eigenvalue weighted by Crippen LogP contribution is 2.19. The first-order valence-electron chi connectivity index (χ1n) is 7.93. The smallest absolute Gasteiger partial charge is 0.131 e. The zero-order chi connectivity index (χ0) is 15.2. The fourth-order valence-electron chi connectivity index (χ4n) is 2.97. The molecule has 1 aromatic heterocycles. The Morgan fingerprint density at radius 2 is 1.86 bits per heavy atom. The number of likely N-dealkylation sites (tertiary alicyclic amines) is 1. The van der Waals surface area contributed by atoms with Crippen LogP contribution in [-0.2, 0) is 13.2 Å². The van der Waals surface area contributed by atoms with Crippen molar-refractivity contribution in [3.8, 4) is 0 Å². The van der Waals surface area contributed by atoms with E-state index in [1.54, 1.807) is 6.20 Å². The van der Waals surface area contributed by atoms with Crippen LogP contribution in [0.4, 0.5) is 5.82 Å². The average molecular weight is 297 g/mol. The summed E-state index contributed by atoms with van der Waals surface area (Å²) in [5.74, 6) is 0.825. The number of aliphatic hydroxyl groups is 1. The number of pyridine rings is 1. The van der Waals surface area contributed by atoms with E-state index >= 15 is 0 Å². The van der Waals surface area contributed by atoms with Gasteiger partial charge in [-0.1, -0.05) is 36.4 Å². The highest BCUT2D eigenvalue weighted by Gasteiger charge is 2.20. The molecule has 0 radical (unpaired) electrons. The third-order valence-corrected chi connectivity index (χ3v) is 4.24. The van der Waals surface area contributed by atoms with E-state index in [0.717, 1.165) is 43.9 Å². The minimum absolute atomic E-state index is 0.0308. The SMILES string of the molecule is OCc1cccnc1NC1CCN(Cc2ccccc2)CC1. The molecule has 3 rings (SSSR count). The third kappa shape index (κ3) is 3.84. The van der Waals surface area contributed by atoms with Gasteiger partial charge in [0.05, 0.1) is 6.61 Å². The average Bonchev–Trinajstić information content (AvgIpc) is 2.58. The lowest BCUT2D eigenvalue weighted by molar-refractivity contribution is 0.211. The summed E-state index contributed by atoms with van der Waals surface area (Å²) in [5, 5.41) is 12.9. The molecule has 2 aromatic rings. The van der Waals surface area contributed by atoms with E-state index < -0.39 is 0 Å². The minimum atomic E-state index is 0.0308. The van der Waals surface area contributed by atoms with Crippen LogP contribution in [-0.4, -0.2) is 34.1 Å². The summed E-state index contributed by atoms with van der Waals surface area (Å²) < 4.78 is 0. The molecule has 0 aliphatic carbocycles. The maximum Gasteiger partial charge on any atom is 0.131 e. The first-order chi connectivity index (χ1) is 10.8. The van der Waals surface area contributed by atoms with Crippen LogP contribution >= 0.6 is 0 Å². The fraction of sp³-hybridized carbons (Fsp3) is 0.389. The standard InChI is InChI=1S/C18H23N3O/c22-14-16-7-4-10-19-18(16)20-17-8-11-21(12-9-17)13-15-5-2-1-3-6-15/h1-7,10,17,22H,8-9,11-14H2,(H,19,20). The van der Waals surface area contributed by atoms with Crippen molar-refractivity contribution >= 4 is 5.82 Å². The molecule has 1 aromatic carbocycles. The van der Waals surface area contributed by atoms with Crippen molar-refractivity contribution < 1.29 is 5.11 Å². The van der Waals surface area contributed by atoms with Crippen LogP contribution in [0.25, 0.3) is 0 Å². The van der Waals surface area contributed by atoms with Gasteiger partial charge in [0.15, 0.2) is 0 Å². The Bertz CT molecular complexity index is 580. The van der Waals surface area contributed by atoms with Crippen LogP contribution in [0.3, 0.4) is 0 Å². The minimum Gasteiger partial charge on any atom is -0.392 e. The lowest BCUT2D eigenvalue weighted by Crippen LogP contribution is -2.38. The summed E-state index contributed by atoms with van der Waals surface area (Å²) in [5.41, 5.74) is 2.25. The van der Waals surface area contributed by atoms with Crippen molar-refractivity contribution in [2.24, 2.45) is 0 Å². The predicted octanol–water partition coefficient (Wildman–Crippen LogP) is 2.65. The summed E-state index contributed by atoms with van der Waals surface area (Å²) in [6.45, 7) is 3.24. The van der Waals surface area contributed by atoms with Gasteiger partial charge in [-0.25, -0.2) is 4.98 Å². The Morgan fingerprint density at radius 1 is 1.09 bits per heavy atom. The zero-order valence-corrected chi connectivity index (χ0v) is 12.8. The van der Waals surface area contributed by atoms with Gasteiger partial charge in [-0.3, -0.25) is 4.90 Å². The Balaban J connectivity index is 1.51. The van der Waals surface area contributed by atoms with Gasteiger partial charge in [-0.15, -0.1) is 0 Å². The van der Waals surface area contributed by atoms with E-state index in [2.05, 4.69) is 45.5 Å². The van der Waals surface area contributed by atoms with Crippen molar-refractivity contribution in [3.63, 3.8) is 0 Å². The van der Waals surface area contributed by atoms with Crippen LogP contribution in [0.5, 0.6) is 0 Å². The van der Waals surface area contributed by atoms with Gasteiger partial charge in [0.2, 0.25) is 0 Å². The second-order valence-electron chi connectivity index (χ2n) is 5.85. The lowest BCUT2D eigenvalue weighted by atomic mass is 10.0. The molecule has 2 heterocycles. The Hall–Kier alpha value is -1.91. The first-order valence-corrected chi connectivity index (χ1v) is 7.93. The molecule has 0 spiro atoms. The van der Waals surface area contributed by atoms with Crippen LogP contribution < -0.4 is 5.32 Å². The summed E-state index contributed by atoms with van der Waals surface area (Å²) >= 11 is 0. The largest absolute Gasteiger partial charge is 0.392 e. The molecular weight excluding hydrogens is 274 g/mol. The molecule has 0 atom stereocenters. The summed E-state index contributed by atoms with van der Waals surface area (Å²) in [4.78, 5) is 6.84. The maximum absolute atomic E-state index is 9.37. The highest BCUT2D eigenvalue weighted by atomic mass is 16.3. The number of piperidine rings is 1. The van der Waals surface area contributed by atoms with Crippen molar-refractivity contribution in [3.05, 3.63) is 59.8 Å². The maximum atomic E-state index is 9.37. The van der Waals surface area contributed by atoms with Crippen molar-refractivity contribution in [2.45, 2.75) is 32.0 Å². The molecule has 0 saturated carbocycles. The van der Waals surface area contributed by atoms with E-state index in [4.69, 9.17) is 0 Å². The molecule has 1 saturated heterocycles. The molecule has 0 bridgehead atoms. The fourth-order valence-corrected chi connectivity index (χ4v) is 2.97. The number of nitrogens with zero attached hydrogens (tertiary/aromatic N) is 2. The molecule has 22 heavy (non-hydrogen) atoms. The van der Waals surface area contributed by atoms with Gasteiger partial charge in [-0.2, -0.15) is 0 Å². The Kier molecular flexibility index (Phi) is 5.03. The summed E-state index contributed by atoms with van der Waals surface area (Å²) in [6.07, 6.45) is 3.98. The van der Waals surface area contributed by atoms with E-state index in [1.807, 2.05) is 12.1 Å². The van der Waals surface area contributed by atoms with E-state index in [-0.39, 0.29) is 6.61 Å². The Labute approximate surface area is 131 Å². The van der Waals surface area contributed by atoms with Crippen LogP contribution in [0.2, 0.25) is 0 Å². The molecule has 4 heteroatoms. The Morgan fingerprint density at radius 3 is 2.59 bits per heavy atom. The van der Waals surface area contributed by atoms with Crippen molar-refractivity contribution in [1.82, 2.24) is 9.88 Å². The molecule has 0 amide bonds. The zero-order valence-electron chi connectivity index (χ0n) is 12.8. The number of rotatable bonds is 5. The second kappa shape index (κ2) is 7.38. The normalized spacial score (nSPS) is 16.6. The van der Waals surface area contributed by atoms with E-state index in [0.29, 0.717) is 6.04 Å². The van der Waals surface area contributed by atoms with Crippen LogP contribution in [0, 0.1) is 0 Å². The number of nitrogens with one attached hydrogen (secondary N) is 1. The molecule has 1 fully saturated rings. The number of aromatic nitrogens is 1. The number of benzene rings is 1. The number of hydrogen-bond donors (Lipinski definition) is 2. The van der Waals surface area contributed by atoms with Crippen molar-refractivity contribution in [1.29, 1.82) is 0 Å². The quantitative estimate of drug-likeness (QED) is 0.891. The number of anilines is 1. The monoisotopic (exact) mass is 297 g/mol. The summed E-state index contributed by atoms with van der Waals surface area (Å²) in [7, 11) is 0. The molecule has 1 aliphatic heterocycles. The first kappa shape index (κ1) is 15.0. The lowest BCUT2D eigenvalue weighted by Gasteiger charge is -2.32. The molecular formula is C18H23N3O. The van der Waals surface area contributed by atoms with Crippen LogP contribution in [0.1, 0.15) is 24.0 Å². The van der Waals surface area contributed by atoms with Gasteiger partial charge in [0.1, 0.15) is 5.82 Å². The topological polar surface area (TPSA) is 48.4 Å². The number of hydrogen-bond acceptors (Lipinski definition) is 4. The summed E-state index contributed by atoms with van der Waals surface area (Å²) in [6, 6.07) is 14.8. The van der Waals surface area contributed by atoms with Gasteiger partial charge in [0.25, 0.3) is 0 Å². The van der Waals surface area contributed by atoms with Crippen molar-refractivity contribution in [2.75, 3.05) is 18.4 Å². The van der Waals surface area contributed by atoms with Gasteiger partial charge >= 0.3 is 0 Å². The predicted molar refractivity (Wildman–Crippen MR) is 88.5 cm³/mol. The molecule has 2 N–H and O–H groups in total. The van der Waals surface area contributed by atoms with E-state index in [9.17, 15) is 5.11 Å². The number of aliphatic hydroxyl groups excluding tert-OH is 1. The van der Waals surface area contributed by atoms with Gasteiger partial charge in [0, 0.05) is 37.4 Å². The molecule has 4 nitrogen and oxygen atoms in total. The molecule has 1 aliphatic rings. The highest BCUT2D eigenvalue weighted by molar-refractivity contribution is 5.44.